The quantitative estimate of drug-likeness (QED) is 0.302. The number of benzene rings is 2. The third-order valence-corrected chi connectivity index (χ3v) is 6.22. The second-order valence-electron chi connectivity index (χ2n) is 9.87. The van der Waals surface area contributed by atoms with Crippen LogP contribution in [0.4, 0.5) is 23.5 Å². The number of nitrogens with one attached hydrogen (secondary N) is 1. The summed E-state index contributed by atoms with van der Waals surface area (Å²) >= 11 is 0. The Morgan fingerprint density at radius 3 is 2.49 bits per heavy atom. The van der Waals surface area contributed by atoms with Gasteiger partial charge in [0.1, 0.15) is 11.6 Å². The van der Waals surface area contributed by atoms with Crippen molar-refractivity contribution in [2.24, 2.45) is 13.0 Å². The van der Waals surface area contributed by atoms with Crippen molar-refractivity contribution >= 4 is 11.9 Å². The standard InChI is InChI=1S/C27H31F4N5O3/c1-17(2)16-38-22-10-6-19(7-11-22)24-33-26(35(3)34-24)36(15-18-4-8-20(28)9-5-18)21-12-13-32-23(14-21)39-25(37)27(29,30)31/h4-11,17,21,23,32H,12-16H2,1-3H3. The summed E-state index contributed by atoms with van der Waals surface area (Å²) < 4.78 is 63.9. The number of anilines is 1. The van der Waals surface area contributed by atoms with E-state index in [-0.39, 0.29) is 18.3 Å². The molecule has 3 aromatic rings. The van der Waals surface area contributed by atoms with Crippen LogP contribution in [0.2, 0.25) is 0 Å². The van der Waals surface area contributed by atoms with Crippen LogP contribution in [0.3, 0.4) is 0 Å². The normalized spacial score (nSPS) is 17.7. The zero-order valence-electron chi connectivity index (χ0n) is 21.9. The fourth-order valence-electron chi connectivity index (χ4n) is 4.29. The molecule has 0 aliphatic carbocycles. The van der Waals surface area contributed by atoms with Crippen molar-refractivity contribution < 1.29 is 31.8 Å². The Kier molecular flexibility index (Phi) is 8.73. The molecule has 1 N–H and O–H groups in total. The molecule has 0 spiro atoms. The minimum atomic E-state index is -5.09. The highest BCUT2D eigenvalue weighted by atomic mass is 19.4. The molecule has 2 aromatic carbocycles. The minimum Gasteiger partial charge on any atom is -0.493 e. The van der Waals surface area contributed by atoms with E-state index in [1.165, 1.54) is 12.1 Å². The van der Waals surface area contributed by atoms with Gasteiger partial charge < -0.3 is 14.4 Å². The molecule has 1 fully saturated rings. The molecule has 1 aromatic heterocycles. The largest absolute Gasteiger partial charge is 0.493 e. The van der Waals surface area contributed by atoms with Crippen molar-refractivity contribution in [3.8, 4) is 17.1 Å². The van der Waals surface area contributed by atoms with Crippen molar-refractivity contribution in [1.82, 2.24) is 20.1 Å². The number of carbonyl (C=O) groups excluding carboxylic acids is 1. The summed E-state index contributed by atoms with van der Waals surface area (Å²) in [7, 11) is 1.73. The second-order valence-corrected chi connectivity index (χ2v) is 9.87. The fraction of sp³-hybridized carbons (Fsp3) is 0.444. The van der Waals surface area contributed by atoms with Crippen molar-refractivity contribution in [1.29, 1.82) is 0 Å². The molecular formula is C27H31F4N5O3. The maximum Gasteiger partial charge on any atom is 0.490 e. The third kappa shape index (κ3) is 7.47. The summed E-state index contributed by atoms with van der Waals surface area (Å²) in [6, 6.07) is 13.0. The van der Waals surface area contributed by atoms with Crippen LogP contribution in [-0.4, -0.2) is 52.3 Å². The highest BCUT2D eigenvalue weighted by Crippen LogP contribution is 2.29. The van der Waals surface area contributed by atoms with E-state index in [2.05, 4.69) is 29.0 Å². The topological polar surface area (TPSA) is 81.5 Å². The number of aromatic nitrogens is 3. The number of alkyl halides is 3. The number of halogens is 4. The summed E-state index contributed by atoms with van der Waals surface area (Å²) in [6.45, 7) is 5.34. The van der Waals surface area contributed by atoms with Crippen molar-refractivity contribution in [2.45, 2.75) is 51.7 Å². The Morgan fingerprint density at radius 1 is 1.15 bits per heavy atom. The summed E-state index contributed by atoms with van der Waals surface area (Å²) in [6.07, 6.45) is -5.57. The van der Waals surface area contributed by atoms with Gasteiger partial charge in [0.25, 0.3) is 0 Å². The van der Waals surface area contributed by atoms with Gasteiger partial charge in [-0.3, -0.25) is 5.32 Å². The van der Waals surface area contributed by atoms with Gasteiger partial charge in [-0.2, -0.15) is 18.2 Å². The number of hydrogen-bond donors (Lipinski definition) is 1. The molecule has 2 unspecified atom stereocenters. The third-order valence-electron chi connectivity index (χ3n) is 6.22. The zero-order valence-corrected chi connectivity index (χ0v) is 21.9. The molecule has 1 saturated heterocycles. The number of nitrogens with zero attached hydrogens (tertiary/aromatic N) is 4. The summed E-state index contributed by atoms with van der Waals surface area (Å²) in [5.74, 6) is -0.567. The first kappa shape index (κ1) is 28.3. The van der Waals surface area contributed by atoms with E-state index in [0.717, 1.165) is 16.9 Å². The lowest BCUT2D eigenvalue weighted by atomic mass is 10.0. The number of esters is 1. The first-order chi connectivity index (χ1) is 18.5. The minimum absolute atomic E-state index is 0.0904. The average molecular weight is 550 g/mol. The molecular weight excluding hydrogens is 518 g/mol. The van der Waals surface area contributed by atoms with E-state index in [4.69, 9.17) is 9.72 Å². The molecule has 2 atom stereocenters. The smallest absolute Gasteiger partial charge is 0.490 e. The Morgan fingerprint density at radius 2 is 1.85 bits per heavy atom. The molecule has 39 heavy (non-hydrogen) atoms. The van der Waals surface area contributed by atoms with Gasteiger partial charge in [0.05, 0.1) is 6.61 Å². The van der Waals surface area contributed by atoms with Gasteiger partial charge in [0.2, 0.25) is 5.95 Å². The lowest BCUT2D eigenvalue weighted by molar-refractivity contribution is -0.207. The van der Waals surface area contributed by atoms with Crippen LogP contribution in [0.5, 0.6) is 5.75 Å². The molecule has 1 aliphatic heterocycles. The van der Waals surface area contributed by atoms with Gasteiger partial charge in [-0.05, 0) is 54.3 Å². The first-order valence-corrected chi connectivity index (χ1v) is 12.7. The molecule has 0 bridgehead atoms. The monoisotopic (exact) mass is 549 g/mol. The van der Waals surface area contributed by atoms with E-state index >= 15 is 0 Å². The zero-order chi connectivity index (χ0) is 28.2. The molecule has 12 heteroatoms. The number of piperidine rings is 1. The van der Waals surface area contributed by atoms with Gasteiger partial charge in [-0.25, -0.2) is 13.9 Å². The summed E-state index contributed by atoms with van der Waals surface area (Å²) in [5, 5.41) is 7.39. The summed E-state index contributed by atoms with van der Waals surface area (Å²) in [5.41, 5.74) is 1.53. The number of carbonyl (C=O) groups is 1. The van der Waals surface area contributed by atoms with Crippen LogP contribution in [0.25, 0.3) is 11.4 Å². The number of hydrogen-bond acceptors (Lipinski definition) is 7. The molecule has 4 rings (SSSR count). The van der Waals surface area contributed by atoms with Gasteiger partial charge in [-0.1, -0.05) is 26.0 Å². The van der Waals surface area contributed by atoms with Crippen molar-refractivity contribution in [2.75, 3.05) is 18.1 Å². The highest BCUT2D eigenvalue weighted by Gasteiger charge is 2.43. The van der Waals surface area contributed by atoms with Gasteiger partial charge >= 0.3 is 12.1 Å². The second kappa shape index (κ2) is 12.0. The predicted octanol–water partition coefficient (Wildman–Crippen LogP) is 4.85. The Labute approximate surface area is 223 Å². The molecule has 210 valence electrons. The Balaban J connectivity index is 1.59. The van der Waals surface area contributed by atoms with Crippen LogP contribution in [0.1, 0.15) is 32.3 Å². The molecule has 0 amide bonds. The molecule has 0 saturated carbocycles. The number of rotatable bonds is 9. The Hall–Kier alpha value is -3.67. The van der Waals surface area contributed by atoms with Crippen LogP contribution in [0.15, 0.2) is 48.5 Å². The van der Waals surface area contributed by atoms with Crippen molar-refractivity contribution in [3.05, 3.63) is 59.9 Å². The van der Waals surface area contributed by atoms with Gasteiger partial charge in [0.15, 0.2) is 12.1 Å². The Bertz CT molecular complexity index is 1250. The maximum atomic E-state index is 13.5. The number of ether oxygens (including phenoxy) is 2. The van der Waals surface area contributed by atoms with E-state index in [9.17, 15) is 22.4 Å². The van der Waals surface area contributed by atoms with Gasteiger partial charge in [0, 0.05) is 38.2 Å². The first-order valence-electron chi connectivity index (χ1n) is 12.7. The molecule has 8 nitrogen and oxygen atoms in total. The molecule has 2 heterocycles. The van der Waals surface area contributed by atoms with Crippen LogP contribution >= 0.6 is 0 Å². The lowest BCUT2D eigenvalue weighted by Crippen LogP contribution is -2.51. The van der Waals surface area contributed by atoms with Crippen LogP contribution in [0, 0.1) is 11.7 Å². The molecule has 0 radical (unpaired) electrons. The fourth-order valence-corrected chi connectivity index (χ4v) is 4.29. The SMILES string of the molecule is CC(C)COc1ccc(-c2nc(N(Cc3ccc(F)cc3)C3CCNC(OC(=O)C(F)(F)F)C3)n(C)n2)cc1. The van der Waals surface area contributed by atoms with E-state index in [1.807, 2.05) is 29.2 Å². The van der Waals surface area contributed by atoms with Crippen molar-refractivity contribution in [3.63, 3.8) is 0 Å². The van der Waals surface area contributed by atoms with E-state index in [0.29, 0.717) is 43.8 Å². The van der Waals surface area contributed by atoms with Crippen LogP contribution < -0.4 is 15.0 Å². The highest BCUT2D eigenvalue weighted by molar-refractivity contribution is 5.75. The lowest BCUT2D eigenvalue weighted by Gasteiger charge is -2.38. The number of aryl methyl sites for hydroxylation is 1. The predicted molar refractivity (Wildman–Crippen MR) is 136 cm³/mol. The van der Waals surface area contributed by atoms with Gasteiger partial charge in [-0.15, -0.1) is 5.10 Å². The maximum absolute atomic E-state index is 13.5. The van der Waals surface area contributed by atoms with E-state index < -0.39 is 18.4 Å². The average Bonchev–Trinajstić information content (AvgIpc) is 3.28. The summed E-state index contributed by atoms with van der Waals surface area (Å²) in [4.78, 5) is 18.1. The molecule has 1 aliphatic rings. The van der Waals surface area contributed by atoms with Crippen LogP contribution in [-0.2, 0) is 23.1 Å². The van der Waals surface area contributed by atoms with E-state index in [1.54, 1.807) is 23.9 Å².